The van der Waals surface area contributed by atoms with Gasteiger partial charge >= 0.3 is 0 Å². The highest BCUT2D eigenvalue weighted by Gasteiger charge is 2.05. The smallest absolute Gasteiger partial charge is 0.226 e. The fraction of sp³-hybridized carbons (Fsp3) is 0.200. The highest BCUT2D eigenvalue weighted by molar-refractivity contribution is 7.98. The average molecular weight is 272 g/mol. The van der Waals surface area contributed by atoms with Gasteiger partial charge in [-0.2, -0.15) is 0 Å². The molecule has 0 fully saturated rings. The van der Waals surface area contributed by atoms with Crippen molar-refractivity contribution < 1.29 is 4.79 Å². The lowest BCUT2D eigenvalue weighted by Gasteiger charge is -2.05. The number of pyridine rings is 1. The number of hydrogen-bond donors (Lipinski definition) is 1. The molecule has 0 unspecified atom stereocenters. The summed E-state index contributed by atoms with van der Waals surface area (Å²) < 4.78 is 0. The van der Waals surface area contributed by atoms with Gasteiger partial charge in [-0.05, 0) is 24.0 Å². The molecule has 0 saturated heterocycles. The van der Waals surface area contributed by atoms with Crippen LogP contribution >= 0.6 is 11.8 Å². The highest BCUT2D eigenvalue weighted by Crippen LogP contribution is 2.11. The first-order valence-corrected chi connectivity index (χ1v) is 7.31. The number of amides is 1. The minimum absolute atomic E-state index is 0.00499. The SMILES string of the molecule is CSc1cccc(CC(=O)NCc2ccccc2)n1. The van der Waals surface area contributed by atoms with Crippen molar-refractivity contribution in [3.63, 3.8) is 0 Å². The van der Waals surface area contributed by atoms with E-state index >= 15 is 0 Å². The van der Waals surface area contributed by atoms with Crippen LogP contribution < -0.4 is 5.32 Å². The molecule has 1 aromatic heterocycles. The lowest BCUT2D eigenvalue weighted by atomic mass is 10.2. The van der Waals surface area contributed by atoms with E-state index in [4.69, 9.17) is 0 Å². The number of nitrogens with zero attached hydrogens (tertiary/aromatic N) is 1. The number of rotatable bonds is 5. The molecule has 2 aromatic rings. The molecular formula is C15H16N2OS. The summed E-state index contributed by atoms with van der Waals surface area (Å²) in [6.45, 7) is 0.557. The lowest BCUT2D eigenvalue weighted by molar-refractivity contribution is -0.120. The van der Waals surface area contributed by atoms with Gasteiger partial charge in [-0.15, -0.1) is 11.8 Å². The molecule has 2 rings (SSSR count). The van der Waals surface area contributed by atoms with Crippen LogP contribution in [0.4, 0.5) is 0 Å². The molecule has 0 spiro atoms. The lowest BCUT2D eigenvalue weighted by Crippen LogP contribution is -2.24. The quantitative estimate of drug-likeness (QED) is 0.851. The van der Waals surface area contributed by atoms with Crippen molar-refractivity contribution in [2.45, 2.75) is 18.0 Å². The van der Waals surface area contributed by atoms with Crippen LogP contribution in [0.5, 0.6) is 0 Å². The van der Waals surface area contributed by atoms with Crippen LogP contribution in [0.2, 0.25) is 0 Å². The van der Waals surface area contributed by atoms with E-state index in [9.17, 15) is 4.79 Å². The van der Waals surface area contributed by atoms with Crippen molar-refractivity contribution in [3.05, 3.63) is 59.8 Å². The van der Waals surface area contributed by atoms with E-state index < -0.39 is 0 Å². The second kappa shape index (κ2) is 6.95. The van der Waals surface area contributed by atoms with Gasteiger partial charge in [0.25, 0.3) is 0 Å². The van der Waals surface area contributed by atoms with Gasteiger partial charge in [-0.25, -0.2) is 4.98 Å². The Hall–Kier alpha value is -1.81. The standard InChI is InChI=1S/C15H16N2OS/c1-19-15-9-5-8-13(17-15)10-14(18)16-11-12-6-3-2-4-7-12/h2-9H,10-11H2,1H3,(H,16,18). The summed E-state index contributed by atoms with van der Waals surface area (Å²) in [6.07, 6.45) is 2.29. The average Bonchev–Trinajstić information content (AvgIpc) is 2.46. The van der Waals surface area contributed by atoms with Crippen LogP contribution in [0.15, 0.2) is 53.6 Å². The van der Waals surface area contributed by atoms with E-state index in [-0.39, 0.29) is 5.91 Å². The summed E-state index contributed by atoms with van der Waals surface area (Å²) in [7, 11) is 0. The molecule has 0 aliphatic carbocycles. The van der Waals surface area contributed by atoms with E-state index in [0.29, 0.717) is 13.0 Å². The third-order valence-electron chi connectivity index (χ3n) is 2.66. The number of benzene rings is 1. The predicted molar refractivity (Wildman–Crippen MR) is 78.0 cm³/mol. The number of nitrogens with one attached hydrogen (secondary N) is 1. The summed E-state index contributed by atoms with van der Waals surface area (Å²) >= 11 is 1.58. The number of carbonyl (C=O) groups excluding carboxylic acids is 1. The maximum Gasteiger partial charge on any atom is 0.226 e. The normalized spacial score (nSPS) is 10.2. The van der Waals surface area contributed by atoms with Crippen LogP contribution in [0.1, 0.15) is 11.3 Å². The Morgan fingerprint density at radius 1 is 1.16 bits per heavy atom. The van der Waals surface area contributed by atoms with Crippen LogP contribution in [0.25, 0.3) is 0 Å². The molecule has 1 heterocycles. The van der Waals surface area contributed by atoms with E-state index in [1.165, 1.54) is 0 Å². The van der Waals surface area contributed by atoms with Gasteiger partial charge in [0, 0.05) is 6.54 Å². The largest absolute Gasteiger partial charge is 0.352 e. The third-order valence-corrected chi connectivity index (χ3v) is 3.31. The van der Waals surface area contributed by atoms with E-state index in [1.54, 1.807) is 11.8 Å². The van der Waals surface area contributed by atoms with Gasteiger partial charge in [0.15, 0.2) is 0 Å². The molecule has 0 aliphatic heterocycles. The second-order valence-electron chi connectivity index (χ2n) is 4.11. The van der Waals surface area contributed by atoms with Crippen LogP contribution in [0, 0.1) is 0 Å². The Labute approximate surface area is 117 Å². The molecule has 1 amide bonds. The number of thioether (sulfide) groups is 1. The first-order chi connectivity index (χ1) is 9.28. The first kappa shape index (κ1) is 13.6. The topological polar surface area (TPSA) is 42.0 Å². The Kier molecular flexibility index (Phi) is 4.98. The maximum atomic E-state index is 11.8. The summed E-state index contributed by atoms with van der Waals surface area (Å²) in [4.78, 5) is 16.2. The van der Waals surface area contributed by atoms with Crippen molar-refractivity contribution in [2.75, 3.05) is 6.26 Å². The number of hydrogen-bond acceptors (Lipinski definition) is 3. The summed E-state index contributed by atoms with van der Waals surface area (Å²) in [5.74, 6) is -0.00499. The summed E-state index contributed by atoms with van der Waals surface area (Å²) in [5.41, 5.74) is 1.90. The van der Waals surface area contributed by atoms with Gasteiger partial charge < -0.3 is 5.32 Å². The van der Waals surface area contributed by atoms with Crippen LogP contribution in [-0.4, -0.2) is 17.1 Å². The zero-order valence-electron chi connectivity index (χ0n) is 10.8. The molecular weight excluding hydrogens is 256 g/mol. The minimum atomic E-state index is -0.00499. The third kappa shape index (κ3) is 4.41. The molecule has 1 aromatic carbocycles. The fourth-order valence-electron chi connectivity index (χ4n) is 1.69. The van der Waals surface area contributed by atoms with E-state index in [0.717, 1.165) is 16.3 Å². The molecule has 19 heavy (non-hydrogen) atoms. The molecule has 1 N–H and O–H groups in total. The number of carbonyl (C=O) groups is 1. The van der Waals surface area contributed by atoms with Crippen molar-refractivity contribution in [1.82, 2.24) is 10.3 Å². The van der Waals surface area contributed by atoms with Gasteiger partial charge in [0.1, 0.15) is 0 Å². The maximum absolute atomic E-state index is 11.8. The van der Waals surface area contributed by atoms with Gasteiger partial charge in [-0.1, -0.05) is 36.4 Å². The zero-order chi connectivity index (χ0) is 13.5. The minimum Gasteiger partial charge on any atom is -0.352 e. The zero-order valence-corrected chi connectivity index (χ0v) is 11.6. The molecule has 98 valence electrons. The Bertz CT molecular complexity index is 543. The molecule has 4 heteroatoms. The van der Waals surface area contributed by atoms with Crippen molar-refractivity contribution in [3.8, 4) is 0 Å². The molecule has 0 radical (unpaired) electrons. The Balaban J connectivity index is 1.87. The molecule has 0 bridgehead atoms. The molecule has 0 saturated carbocycles. The monoisotopic (exact) mass is 272 g/mol. The van der Waals surface area contributed by atoms with Crippen molar-refractivity contribution in [1.29, 1.82) is 0 Å². The molecule has 3 nitrogen and oxygen atoms in total. The Morgan fingerprint density at radius 3 is 2.68 bits per heavy atom. The fourth-order valence-corrected chi connectivity index (χ4v) is 2.12. The van der Waals surface area contributed by atoms with E-state index in [1.807, 2.05) is 54.8 Å². The first-order valence-electron chi connectivity index (χ1n) is 6.08. The Morgan fingerprint density at radius 2 is 1.95 bits per heavy atom. The van der Waals surface area contributed by atoms with Crippen molar-refractivity contribution in [2.24, 2.45) is 0 Å². The molecule has 0 atom stereocenters. The van der Waals surface area contributed by atoms with Gasteiger partial charge in [0.05, 0.1) is 17.1 Å². The predicted octanol–water partition coefficient (Wildman–Crippen LogP) is 2.66. The van der Waals surface area contributed by atoms with Crippen LogP contribution in [0.3, 0.4) is 0 Å². The summed E-state index contributed by atoms with van der Waals surface area (Å²) in [6, 6.07) is 15.6. The van der Waals surface area contributed by atoms with Gasteiger partial charge in [-0.3, -0.25) is 4.79 Å². The second-order valence-corrected chi connectivity index (χ2v) is 4.94. The highest BCUT2D eigenvalue weighted by atomic mass is 32.2. The number of aromatic nitrogens is 1. The van der Waals surface area contributed by atoms with Crippen molar-refractivity contribution >= 4 is 17.7 Å². The van der Waals surface area contributed by atoms with Gasteiger partial charge in [0.2, 0.25) is 5.91 Å². The summed E-state index contributed by atoms with van der Waals surface area (Å²) in [5, 5.41) is 3.84. The van der Waals surface area contributed by atoms with E-state index in [2.05, 4.69) is 10.3 Å². The molecule has 0 aliphatic rings. The van der Waals surface area contributed by atoms with Crippen LogP contribution in [-0.2, 0) is 17.8 Å².